The molecule has 0 amide bonds. The normalized spacial score (nSPS) is 11.3. The lowest BCUT2D eigenvalue weighted by Gasteiger charge is -1.85. The van der Waals surface area contributed by atoms with E-state index in [-0.39, 0.29) is 0 Å². The number of rotatable bonds is 4. The Morgan fingerprint density at radius 3 is 2.89 bits per heavy atom. The van der Waals surface area contributed by atoms with E-state index in [0.717, 1.165) is 6.42 Å². The molecule has 0 aliphatic heterocycles. The van der Waals surface area contributed by atoms with E-state index in [4.69, 9.17) is 0 Å². The molecular weight excluding hydrogens is 112 g/mol. The molecule has 0 fully saturated rings. The van der Waals surface area contributed by atoms with E-state index in [1.54, 1.807) is 13.4 Å². The second-order valence-electron chi connectivity index (χ2n) is 1.75. The van der Waals surface area contributed by atoms with Gasteiger partial charge in [-0.1, -0.05) is 19.4 Å². The smallest absolute Gasteiger partial charge is 0.0859 e. The fourth-order valence-corrected chi connectivity index (χ4v) is 0.436. The van der Waals surface area contributed by atoms with Crippen molar-refractivity contribution in [3.8, 4) is 0 Å². The lowest BCUT2D eigenvalue weighted by Crippen LogP contribution is -1.98. The molecule has 0 aliphatic rings. The molecule has 0 saturated heterocycles. The molecule has 52 valence electrons. The number of hydrogen-bond acceptors (Lipinski definition) is 1. The highest BCUT2D eigenvalue weighted by Crippen LogP contribution is 1.84. The van der Waals surface area contributed by atoms with Gasteiger partial charge in [0.1, 0.15) is 0 Å². The standard InChI is InChI=1S/C7H14N2/c1-3-4-5-6-9-7-8-2/h5-7H,3-4H2,1-2H3,(H,8,9)/b6-5-. The van der Waals surface area contributed by atoms with E-state index in [2.05, 4.69) is 23.3 Å². The Hall–Kier alpha value is -0.790. The molecule has 0 saturated carbocycles. The van der Waals surface area contributed by atoms with Crippen molar-refractivity contribution in [2.24, 2.45) is 4.99 Å². The van der Waals surface area contributed by atoms with E-state index in [0.29, 0.717) is 0 Å². The van der Waals surface area contributed by atoms with Crippen molar-refractivity contribution in [1.29, 1.82) is 0 Å². The molecule has 0 unspecified atom stereocenters. The van der Waals surface area contributed by atoms with Crippen LogP contribution in [0.1, 0.15) is 19.8 Å². The summed E-state index contributed by atoms with van der Waals surface area (Å²) in [7, 11) is 1.74. The third-order valence-corrected chi connectivity index (χ3v) is 0.873. The van der Waals surface area contributed by atoms with Crippen LogP contribution >= 0.6 is 0 Å². The Bertz CT molecular complexity index is 95.1. The molecule has 0 rings (SSSR count). The molecule has 2 heteroatoms. The van der Waals surface area contributed by atoms with Crippen molar-refractivity contribution in [3.63, 3.8) is 0 Å². The molecule has 1 N–H and O–H groups in total. The molecule has 9 heavy (non-hydrogen) atoms. The Morgan fingerprint density at radius 1 is 1.56 bits per heavy atom. The number of nitrogens with one attached hydrogen (secondary N) is 1. The van der Waals surface area contributed by atoms with Gasteiger partial charge < -0.3 is 5.32 Å². The van der Waals surface area contributed by atoms with Gasteiger partial charge in [0.25, 0.3) is 0 Å². The number of allylic oxidation sites excluding steroid dienone is 1. The summed E-state index contributed by atoms with van der Waals surface area (Å²) in [6, 6.07) is 0. The third kappa shape index (κ3) is 7.21. The fraction of sp³-hybridized carbons (Fsp3) is 0.571. The first-order valence-electron chi connectivity index (χ1n) is 3.23. The molecule has 0 aliphatic carbocycles. The predicted octanol–water partition coefficient (Wildman–Crippen LogP) is 1.55. The average Bonchev–Trinajstić information content (AvgIpc) is 1.89. The summed E-state index contributed by atoms with van der Waals surface area (Å²) in [6.45, 7) is 2.15. The van der Waals surface area contributed by atoms with Gasteiger partial charge in [-0.05, 0) is 12.6 Å². The van der Waals surface area contributed by atoms with Crippen LogP contribution < -0.4 is 5.32 Å². The Balaban J connectivity index is 3.04. The minimum atomic E-state index is 1.13. The van der Waals surface area contributed by atoms with E-state index in [9.17, 15) is 0 Å². The fourth-order valence-electron chi connectivity index (χ4n) is 0.436. The molecule has 0 heterocycles. The molecule has 2 nitrogen and oxygen atoms in total. The zero-order valence-electron chi connectivity index (χ0n) is 6.09. The number of nitrogens with zero attached hydrogens (tertiary/aromatic N) is 1. The van der Waals surface area contributed by atoms with Gasteiger partial charge in [-0.15, -0.1) is 0 Å². The van der Waals surface area contributed by atoms with Crippen LogP contribution in [0.15, 0.2) is 17.3 Å². The van der Waals surface area contributed by atoms with Crippen molar-refractivity contribution >= 4 is 6.34 Å². The van der Waals surface area contributed by atoms with Crippen LogP contribution in [0.4, 0.5) is 0 Å². The minimum Gasteiger partial charge on any atom is -0.353 e. The second kappa shape index (κ2) is 7.21. The Kier molecular flexibility index (Phi) is 6.58. The molecule has 0 atom stereocenters. The quantitative estimate of drug-likeness (QED) is 0.448. The SMILES string of the molecule is CCC/C=C\NC=NC. The average molecular weight is 126 g/mol. The third-order valence-electron chi connectivity index (χ3n) is 0.873. The van der Waals surface area contributed by atoms with Crippen LogP contribution in [0.5, 0.6) is 0 Å². The number of unbranched alkanes of at least 4 members (excludes halogenated alkanes) is 1. The van der Waals surface area contributed by atoms with Crippen molar-refractivity contribution in [2.45, 2.75) is 19.8 Å². The van der Waals surface area contributed by atoms with Crippen molar-refractivity contribution < 1.29 is 0 Å². The van der Waals surface area contributed by atoms with E-state index in [1.807, 2.05) is 6.20 Å². The molecular formula is C7H14N2. The first-order valence-corrected chi connectivity index (χ1v) is 3.23. The Morgan fingerprint density at radius 2 is 2.33 bits per heavy atom. The van der Waals surface area contributed by atoms with Crippen molar-refractivity contribution in [2.75, 3.05) is 7.05 Å². The van der Waals surface area contributed by atoms with E-state index < -0.39 is 0 Å². The molecule has 0 bridgehead atoms. The monoisotopic (exact) mass is 126 g/mol. The highest BCUT2D eigenvalue weighted by molar-refractivity contribution is 5.55. The highest BCUT2D eigenvalue weighted by Gasteiger charge is 1.69. The maximum Gasteiger partial charge on any atom is 0.0859 e. The number of hydrogen-bond donors (Lipinski definition) is 1. The molecule has 0 aromatic heterocycles. The van der Waals surface area contributed by atoms with Gasteiger partial charge in [0.2, 0.25) is 0 Å². The summed E-state index contributed by atoms with van der Waals surface area (Å²) in [6.07, 6.45) is 7.97. The summed E-state index contributed by atoms with van der Waals surface area (Å²) < 4.78 is 0. The van der Waals surface area contributed by atoms with Gasteiger partial charge in [0.05, 0.1) is 6.34 Å². The van der Waals surface area contributed by atoms with Crippen LogP contribution in [-0.4, -0.2) is 13.4 Å². The van der Waals surface area contributed by atoms with Crippen LogP contribution in [-0.2, 0) is 0 Å². The maximum absolute atomic E-state index is 3.75. The zero-order chi connectivity index (χ0) is 6.95. The largest absolute Gasteiger partial charge is 0.353 e. The molecule has 0 aromatic rings. The van der Waals surface area contributed by atoms with Crippen molar-refractivity contribution in [1.82, 2.24) is 5.32 Å². The minimum absolute atomic E-state index is 1.13. The highest BCUT2D eigenvalue weighted by atomic mass is 14.9. The summed E-state index contributed by atoms with van der Waals surface area (Å²) >= 11 is 0. The van der Waals surface area contributed by atoms with Crippen molar-refractivity contribution in [3.05, 3.63) is 12.3 Å². The summed E-state index contributed by atoms with van der Waals surface area (Å²) in [5.41, 5.74) is 0. The Labute approximate surface area is 56.7 Å². The van der Waals surface area contributed by atoms with Gasteiger partial charge in [-0.3, -0.25) is 4.99 Å². The van der Waals surface area contributed by atoms with Gasteiger partial charge in [0, 0.05) is 7.05 Å². The maximum atomic E-state index is 3.75. The lowest BCUT2D eigenvalue weighted by molar-refractivity contribution is 0.952. The summed E-state index contributed by atoms with van der Waals surface area (Å²) in [4.78, 5) is 3.75. The van der Waals surface area contributed by atoms with Crippen LogP contribution in [0.25, 0.3) is 0 Å². The van der Waals surface area contributed by atoms with Gasteiger partial charge in [0.15, 0.2) is 0 Å². The molecule has 0 spiro atoms. The topological polar surface area (TPSA) is 24.4 Å². The lowest BCUT2D eigenvalue weighted by atomic mass is 10.3. The van der Waals surface area contributed by atoms with E-state index in [1.165, 1.54) is 6.42 Å². The van der Waals surface area contributed by atoms with Crippen LogP contribution in [0.3, 0.4) is 0 Å². The number of aliphatic imine (C=N–C) groups is 1. The zero-order valence-corrected chi connectivity index (χ0v) is 6.09. The second-order valence-corrected chi connectivity index (χ2v) is 1.75. The van der Waals surface area contributed by atoms with Gasteiger partial charge in [-0.2, -0.15) is 0 Å². The molecule has 0 aromatic carbocycles. The van der Waals surface area contributed by atoms with Gasteiger partial charge in [-0.25, -0.2) is 0 Å². The van der Waals surface area contributed by atoms with E-state index >= 15 is 0 Å². The molecule has 0 radical (unpaired) electrons. The summed E-state index contributed by atoms with van der Waals surface area (Å²) in [5, 5.41) is 2.90. The predicted molar refractivity (Wildman–Crippen MR) is 41.6 cm³/mol. The van der Waals surface area contributed by atoms with Gasteiger partial charge >= 0.3 is 0 Å². The van der Waals surface area contributed by atoms with Crippen LogP contribution in [0, 0.1) is 0 Å². The first-order chi connectivity index (χ1) is 4.41. The first kappa shape index (κ1) is 8.21. The van der Waals surface area contributed by atoms with Crippen LogP contribution in [0.2, 0.25) is 0 Å². The summed E-state index contributed by atoms with van der Waals surface area (Å²) in [5.74, 6) is 0.